The molecule has 17 heavy (non-hydrogen) atoms. The van der Waals surface area contributed by atoms with Crippen molar-refractivity contribution in [3.8, 4) is 0 Å². The van der Waals surface area contributed by atoms with E-state index >= 15 is 0 Å². The predicted octanol–water partition coefficient (Wildman–Crippen LogP) is 3.73. The molecule has 2 rings (SSSR count). The first-order valence-electron chi connectivity index (χ1n) is 6.29. The van der Waals surface area contributed by atoms with Crippen LogP contribution in [0.2, 0.25) is 0 Å². The van der Waals surface area contributed by atoms with E-state index in [0.717, 1.165) is 12.8 Å². The second-order valence-corrected chi connectivity index (χ2v) is 4.76. The van der Waals surface area contributed by atoms with Gasteiger partial charge in [0.1, 0.15) is 5.82 Å². The molecule has 0 aromatic heterocycles. The zero-order valence-electron chi connectivity index (χ0n) is 9.92. The second kappa shape index (κ2) is 5.80. The number of halogens is 1. The monoisotopic (exact) mass is 235 g/mol. The zero-order valence-corrected chi connectivity index (χ0v) is 9.92. The maximum atomic E-state index is 12.7. The van der Waals surface area contributed by atoms with E-state index < -0.39 is 0 Å². The lowest BCUT2D eigenvalue weighted by Gasteiger charge is -2.20. The highest BCUT2D eigenvalue weighted by Gasteiger charge is 2.16. The Balaban J connectivity index is 1.82. The fraction of sp³-hybridized carbons (Fsp3) is 0.500. The molecule has 2 nitrogen and oxygen atoms in total. The molecular weight excluding hydrogens is 217 g/mol. The molecule has 92 valence electrons. The van der Waals surface area contributed by atoms with Crippen molar-refractivity contribution >= 4 is 11.6 Å². The molecule has 3 heteroatoms. The number of rotatable bonds is 3. The molecule has 0 atom stereocenters. The largest absolute Gasteiger partial charge is 0.326 e. The third kappa shape index (κ3) is 3.84. The summed E-state index contributed by atoms with van der Waals surface area (Å²) < 4.78 is 12.7. The highest BCUT2D eigenvalue weighted by atomic mass is 19.1. The smallest absolute Gasteiger partial charge is 0.224 e. The fourth-order valence-corrected chi connectivity index (χ4v) is 2.40. The molecule has 0 heterocycles. The minimum absolute atomic E-state index is 0.0449. The lowest BCUT2D eigenvalue weighted by Crippen LogP contribution is -2.18. The maximum Gasteiger partial charge on any atom is 0.224 e. The molecule has 1 aromatic rings. The van der Waals surface area contributed by atoms with Crippen molar-refractivity contribution in [1.29, 1.82) is 0 Å². The molecule has 1 amide bonds. The number of hydrogen-bond donors (Lipinski definition) is 1. The first-order chi connectivity index (χ1) is 8.24. The van der Waals surface area contributed by atoms with Crippen LogP contribution in [-0.4, -0.2) is 5.91 Å². The van der Waals surface area contributed by atoms with Crippen LogP contribution in [0.4, 0.5) is 10.1 Å². The normalized spacial score (nSPS) is 16.8. The van der Waals surface area contributed by atoms with Crippen molar-refractivity contribution in [3.05, 3.63) is 30.1 Å². The van der Waals surface area contributed by atoms with Crippen LogP contribution in [0.15, 0.2) is 24.3 Å². The van der Waals surface area contributed by atoms with E-state index in [1.807, 2.05) is 0 Å². The average molecular weight is 235 g/mol. The molecule has 1 aliphatic rings. The van der Waals surface area contributed by atoms with Gasteiger partial charge in [-0.3, -0.25) is 4.79 Å². The minimum atomic E-state index is -0.282. The molecule has 1 aromatic carbocycles. The van der Waals surface area contributed by atoms with Crippen LogP contribution in [0.5, 0.6) is 0 Å². The molecule has 0 aliphatic heterocycles. The van der Waals surface area contributed by atoms with Crippen molar-refractivity contribution in [1.82, 2.24) is 0 Å². The number of carbonyl (C=O) groups is 1. The molecule has 1 N–H and O–H groups in total. The highest BCUT2D eigenvalue weighted by molar-refractivity contribution is 5.90. The van der Waals surface area contributed by atoms with Gasteiger partial charge < -0.3 is 5.32 Å². The lowest BCUT2D eigenvalue weighted by atomic mass is 9.87. The van der Waals surface area contributed by atoms with Gasteiger partial charge in [-0.05, 0) is 43.0 Å². The Hall–Kier alpha value is -1.38. The molecule has 1 aliphatic carbocycles. The Bertz CT molecular complexity index is 368. The van der Waals surface area contributed by atoms with E-state index in [9.17, 15) is 9.18 Å². The van der Waals surface area contributed by atoms with E-state index in [4.69, 9.17) is 0 Å². The Morgan fingerprint density at radius 1 is 1.18 bits per heavy atom. The van der Waals surface area contributed by atoms with Gasteiger partial charge in [-0.1, -0.05) is 19.3 Å². The first kappa shape index (κ1) is 12.1. The van der Waals surface area contributed by atoms with Crippen LogP contribution in [0.25, 0.3) is 0 Å². The SMILES string of the molecule is O=C(CC1CCCCC1)Nc1ccc(F)cc1. The van der Waals surface area contributed by atoms with E-state index in [0.29, 0.717) is 18.0 Å². The molecule has 1 fully saturated rings. The summed E-state index contributed by atoms with van der Waals surface area (Å²) in [6.45, 7) is 0. The van der Waals surface area contributed by atoms with Crippen molar-refractivity contribution in [3.63, 3.8) is 0 Å². The molecule has 0 saturated heterocycles. The summed E-state index contributed by atoms with van der Waals surface area (Å²) in [5, 5.41) is 2.81. The van der Waals surface area contributed by atoms with Crippen molar-refractivity contribution < 1.29 is 9.18 Å². The van der Waals surface area contributed by atoms with Crippen molar-refractivity contribution in [2.45, 2.75) is 38.5 Å². The maximum absolute atomic E-state index is 12.7. The van der Waals surface area contributed by atoms with Crippen LogP contribution in [0.3, 0.4) is 0 Å². The number of benzene rings is 1. The summed E-state index contributed by atoms with van der Waals surface area (Å²) in [4.78, 5) is 11.8. The quantitative estimate of drug-likeness (QED) is 0.849. The van der Waals surface area contributed by atoms with Gasteiger partial charge in [0.15, 0.2) is 0 Å². The Labute approximate surface area is 101 Å². The first-order valence-corrected chi connectivity index (χ1v) is 6.29. The average Bonchev–Trinajstić information content (AvgIpc) is 2.33. The summed E-state index contributed by atoms with van der Waals surface area (Å²) in [7, 11) is 0. The summed E-state index contributed by atoms with van der Waals surface area (Å²) in [5.74, 6) is 0.294. The van der Waals surface area contributed by atoms with Gasteiger partial charge in [-0.2, -0.15) is 0 Å². The Morgan fingerprint density at radius 2 is 1.82 bits per heavy atom. The van der Waals surface area contributed by atoms with Gasteiger partial charge in [0, 0.05) is 12.1 Å². The molecule has 0 bridgehead atoms. The molecule has 0 spiro atoms. The van der Waals surface area contributed by atoms with Gasteiger partial charge in [0.25, 0.3) is 0 Å². The van der Waals surface area contributed by atoms with Gasteiger partial charge in [0.2, 0.25) is 5.91 Å². The zero-order chi connectivity index (χ0) is 12.1. The minimum Gasteiger partial charge on any atom is -0.326 e. The van der Waals surface area contributed by atoms with E-state index in [-0.39, 0.29) is 11.7 Å². The molecule has 0 unspecified atom stereocenters. The highest BCUT2D eigenvalue weighted by Crippen LogP contribution is 2.26. The molecular formula is C14H18FNO. The predicted molar refractivity (Wildman–Crippen MR) is 66.2 cm³/mol. The number of carbonyl (C=O) groups excluding carboxylic acids is 1. The Morgan fingerprint density at radius 3 is 2.47 bits per heavy atom. The fourth-order valence-electron chi connectivity index (χ4n) is 2.40. The Kier molecular flexibility index (Phi) is 4.13. The summed E-state index contributed by atoms with van der Waals surface area (Å²) in [5.41, 5.74) is 0.673. The van der Waals surface area contributed by atoms with Crippen LogP contribution < -0.4 is 5.32 Å². The van der Waals surface area contributed by atoms with Crippen LogP contribution >= 0.6 is 0 Å². The number of hydrogen-bond acceptors (Lipinski definition) is 1. The van der Waals surface area contributed by atoms with E-state index in [1.165, 1.54) is 31.4 Å². The third-order valence-corrected chi connectivity index (χ3v) is 3.33. The van der Waals surface area contributed by atoms with Gasteiger partial charge in [0.05, 0.1) is 0 Å². The van der Waals surface area contributed by atoms with E-state index in [1.54, 1.807) is 12.1 Å². The van der Waals surface area contributed by atoms with Crippen molar-refractivity contribution in [2.75, 3.05) is 5.32 Å². The molecule has 1 saturated carbocycles. The number of nitrogens with one attached hydrogen (secondary N) is 1. The van der Waals surface area contributed by atoms with Gasteiger partial charge in [-0.15, -0.1) is 0 Å². The summed E-state index contributed by atoms with van der Waals surface area (Å²) in [6.07, 6.45) is 6.71. The lowest BCUT2D eigenvalue weighted by molar-refractivity contribution is -0.117. The van der Waals surface area contributed by atoms with Gasteiger partial charge >= 0.3 is 0 Å². The van der Waals surface area contributed by atoms with E-state index in [2.05, 4.69) is 5.32 Å². The third-order valence-electron chi connectivity index (χ3n) is 3.33. The van der Waals surface area contributed by atoms with Crippen LogP contribution in [0, 0.1) is 11.7 Å². The second-order valence-electron chi connectivity index (χ2n) is 4.76. The summed E-state index contributed by atoms with van der Waals surface area (Å²) in [6, 6.07) is 5.90. The van der Waals surface area contributed by atoms with Crippen LogP contribution in [0.1, 0.15) is 38.5 Å². The number of anilines is 1. The van der Waals surface area contributed by atoms with Gasteiger partial charge in [-0.25, -0.2) is 4.39 Å². The summed E-state index contributed by atoms with van der Waals surface area (Å²) >= 11 is 0. The standard InChI is InChI=1S/C14H18FNO/c15-12-6-8-13(9-7-12)16-14(17)10-11-4-2-1-3-5-11/h6-9,11H,1-5,10H2,(H,16,17). The topological polar surface area (TPSA) is 29.1 Å². The number of amides is 1. The van der Waals surface area contributed by atoms with Crippen LogP contribution in [-0.2, 0) is 4.79 Å². The molecule has 0 radical (unpaired) electrons. The van der Waals surface area contributed by atoms with Crippen molar-refractivity contribution in [2.24, 2.45) is 5.92 Å².